The van der Waals surface area contributed by atoms with Crippen LogP contribution in [0.5, 0.6) is 0 Å². The molecule has 5 nitrogen and oxygen atoms in total. The lowest BCUT2D eigenvalue weighted by atomic mass is 10.2. The molecule has 6 heteroatoms. The predicted octanol–water partition coefficient (Wildman–Crippen LogP) is 0.907. The van der Waals surface area contributed by atoms with Crippen molar-refractivity contribution in [3.63, 3.8) is 0 Å². The highest BCUT2D eigenvalue weighted by Crippen LogP contribution is 2.21. The van der Waals surface area contributed by atoms with E-state index in [-0.39, 0.29) is 5.91 Å². The summed E-state index contributed by atoms with van der Waals surface area (Å²) >= 11 is 3.43. The quantitative estimate of drug-likeness (QED) is 0.869. The molecule has 1 amide bonds. The minimum Gasteiger partial charge on any atom is -0.345 e. The van der Waals surface area contributed by atoms with Gasteiger partial charge in [-0.1, -0.05) is 0 Å². The largest absolute Gasteiger partial charge is 0.345 e. The van der Waals surface area contributed by atoms with E-state index in [0.717, 1.165) is 55.9 Å². The number of hydrogen-bond acceptors (Lipinski definition) is 3. The van der Waals surface area contributed by atoms with Crippen LogP contribution in [-0.2, 0) is 7.05 Å². The van der Waals surface area contributed by atoms with E-state index in [2.05, 4.69) is 26.1 Å². The van der Waals surface area contributed by atoms with Crippen LogP contribution in [0.4, 0.5) is 0 Å². The molecule has 110 valence electrons. The van der Waals surface area contributed by atoms with Crippen LogP contribution in [0.25, 0.3) is 0 Å². The average Bonchev–Trinajstić information content (AvgIpc) is 3.06. The van der Waals surface area contributed by atoms with Crippen LogP contribution in [0.3, 0.4) is 0 Å². The van der Waals surface area contributed by atoms with Gasteiger partial charge in [-0.05, 0) is 28.4 Å². The number of aryl methyl sites for hydroxylation is 1. The zero-order valence-electron chi connectivity index (χ0n) is 11.8. The molecule has 1 atom stereocenters. The number of nitrogens with one attached hydrogen (secondary N) is 1. The molecular weight excluding hydrogens is 320 g/mol. The number of carbonyl (C=O) groups excluding carboxylic acids is 1. The van der Waals surface area contributed by atoms with Gasteiger partial charge in [0, 0.05) is 63.0 Å². The van der Waals surface area contributed by atoms with Crippen LogP contribution in [0.15, 0.2) is 16.7 Å². The molecule has 2 saturated heterocycles. The number of nitrogens with zero attached hydrogens (tertiary/aromatic N) is 3. The molecule has 2 fully saturated rings. The third kappa shape index (κ3) is 2.77. The van der Waals surface area contributed by atoms with Crippen LogP contribution in [-0.4, -0.2) is 65.6 Å². The van der Waals surface area contributed by atoms with Crippen LogP contribution < -0.4 is 5.32 Å². The van der Waals surface area contributed by atoms with Crippen molar-refractivity contribution >= 4 is 21.8 Å². The number of rotatable bonds is 2. The number of halogens is 1. The van der Waals surface area contributed by atoms with Crippen molar-refractivity contribution in [3.8, 4) is 0 Å². The molecule has 0 saturated carbocycles. The molecule has 2 aliphatic rings. The van der Waals surface area contributed by atoms with Crippen molar-refractivity contribution in [2.24, 2.45) is 7.05 Å². The van der Waals surface area contributed by atoms with Crippen molar-refractivity contribution in [3.05, 3.63) is 22.4 Å². The van der Waals surface area contributed by atoms with Gasteiger partial charge in [0.15, 0.2) is 0 Å². The molecule has 1 aromatic rings. The van der Waals surface area contributed by atoms with E-state index in [9.17, 15) is 4.79 Å². The number of piperazine rings is 1. The van der Waals surface area contributed by atoms with Crippen molar-refractivity contribution in [1.29, 1.82) is 0 Å². The summed E-state index contributed by atoms with van der Waals surface area (Å²) in [5.41, 5.74) is 0.762. The summed E-state index contributed by atoms with van der Waals surface area (Å²) in [4.78, 5) is 17.1. The Hall–Kier alpha value is -0.850. The van der Waals surface area contributed by atoms with E-state index in [1.807, 2.05) is 28.8 Å². The Morgan fingerprint density at radius 2 is 2.10 bits per heavy atom. The molecule has 0 aromatic carbocycles. The first-order valence-corrected chi connectivity index (χ1v) is 8.00. The summed E-state index contributed by atoms with van der Waals surface area (Å²) in [7, 11) is 1.92. The molecule has 3 rings (SSSR count). The first-order valence-electron chi connectivity index (χ1n) is 7.21. The Kier molecular flexibility index (Phi) is 4.14. The number of carbonyl (C=O) groups is 1. The summed E-state index contributed by atoms with van der Waals surface area (Å²) in [5, 5.41) is 3.38. The Bertz CT molecular complexity index is 495. The summed E-state index contributed by atoms with van der Waals surface area (Å²) < 4.78 is 2.85. The van der Waals surface area contributed by atoms with Crippen molar-refractivity contribution in [2.45, 2.75) is 12.5 Å². The minimum absolute atomic E-state index is 0.149. The van der Waals surface area contributed by atoms with Gasteiger partial charge in [0.25, 0.3) is 5.91 Å². The summed E-state index contributed by atoms with van der Waals surface area (Å²) in [6.07, 6.45) is 3.02. The van der Waals surface area contributed by atoms with Gasteiger partial charge in [0.05, 0.1) is 0 Å². The number of hydrogen-bond donors (Lipinski definition) is 1. The maximum atomic E-state index is 12.6. The first-order chi connectivity index (χ1) is 9.65. The maximum absolute atomic E-state index is 12.6. The number of likely N-dealkylation sites (tertiary alicyclic amines) is 1. The summed E-state index contributed by atoms with van der Waals surface area (Å²) in [6, 6.07) is 2.44. The molecule has 0 spiro atoms. The van der Waals surface area contributed by atoms with E-state index in [1.54, 1.807) is 0 Å². The molecule has 0 aliphatic carbocycles. The fourth-order valence-electron chi connectivity index (χ4n) is 3.17. The highest BCUT2D eigenvalue weighted by molar-refractivity contribution is 9.10. The standard InChI is InChI=1S/C14H21BrN4O/c1-17-9-11(15)8-13(17)14(20)19-5-2-12(10-19)18-6-3-16-4-7-18/h8-9,12,16H,2-7,10H2,1H3. The van der Waals surface area contributed by atoms with Crippen LogP contribution in [0, 0.1) is 0 Å². The zero-order chi connectivity index (χ0) is 14.1. The second kappa shape index (κ2) is 5.87. The van der Waals surface area contributed by atoms with E-state index >= 15 is 0 Å². The summed E-state index contributed by atoms with van der Waals surface area (Å²) in [6.45, 7) is 6.06. The van der Waals surface area contributed by atoms with E-state index in [0.29, 0.717) is 6.04 Å². The lowest BCUT2D eigenvalue weighted by molar-refractivity contribution is 0.0764. The minimum atomic E-state index is 0.149. The first kappa shape index (κ1) is 14.1. The van der Waals surface area contributed by atoms with Gasteiger partial charge < -0.3 is 14.8 Å². The third-order valence-electron chi connectivity index (χ3n) is 4.31. The molecule has 3 heterocycles. The Balaban J connectivity index is 1.64. The van der Waals surface area contributed by atoms with Crippen molar-refractivity contribution < 1.29 is 4.79 Å². The van der Waals surface area contributed by atoms with E-state index in [4.69, 9.17) is 0 Å². The van der Waals surface area contributed by atoms with Gasteiger partial charge in [-0.2, -0.15) is 0 Å². The normalized spacial score (nSPS) is 24.3. The van der Waals surface area contributed by atoms with E-state index < -0.39 is 0 Å². The van der Waals surface area contributed by atoms with Crippen molar-refractivity contribution in [1.82, 2.24) is 19.7 Å². The van der Waals surface area contributed by atoms with Gasteiger partial charge in [-0.15, -0.1) is 0 Å². The SMILES string of the molecule is Cn1cc(Br)cc1C(=O)N1CCC(N2CCNCC2)C1. The second-order valence-corrected chi connectivity index (χ2v) is 6.55. The van der Waals surface area contributed by atoms with Gasteiger partial charge in [-0.25, -0.2) is 0 Å². The molecule has 1 N–H and O–H groups in total. The lowest BCUT2D eigenvalue weighted by Gasteiger charge is -2.32. The molecule has 20 heavy (non-hydrogen) atoms. The van der Waals surface area contributed by atoms with Crippen LogP contribution >= 0.6 is 15.9 Å². The molecule has 1 unspecified atom stereocenters. The molecular formula is C14H21BrN4O. The van der Waals surface area contributed by atoms with Gasteiger partial charge in [0.1, 0.15) is 5.69 Å². The maximum Gasteiger partial charge on any atom is 0.270 e. The van der Waals surface area contributed by atoms with Gasteiger partial charge >= 0.3 is 0 Å². The van der Waals surface area contributed by atoms with Gasteiger partial charge in [0.2, 0.25) is 0 Å². The predicted molar refractivity (Wildman–Crippen MR) is 81.9 cm³/mol. The lowest BCUT2D eigenvalue weighted by Crippen LogP contribution is -2.49. The fourth-order valence-corrected chi connectivity index (χ4v) is 3.69. The number of aromatic nitrogens is 1. The smallest absolute Gasteiger partial charge is 0.270 e. The highest BCUT2D eigenvalue weighted by Gasteiger charge is 2.32. The van der Waals surface area contributed by atoms with Crippen molar-refractivity contribution in [2.75, 3.05) is 39.3 Å². The summed E-state index contributed by atoms with van der Waals surface area (Å²) in [5.74, 6) is 0.149. The average molecular weight is 341 g/mol. The Morgan fingerprint density at radius 1 is 1.35 bits per heavy atom. The monoisotopic (exact) mass is 340 g/mol. The fraction of sp³-hybridized carbons (Fsp3) is 0.643. The number of amides is 1. The van der Waals surface area contributed by atoms with Crippen LogP contribution in [0.2, 0.25) is 0 Å². The molecule has 1 aromatic heterocycles. The van der Waals surface area contributed by atoms with Crippen LogP contribution in [0.1, 0.15) is 16.9 Å². The molecule has 0 radical (unpaired) electrons. The third-order valence-corrected chi connectivity index (χ3v) is 4.74. The highest BCUT2D eigenvalue weighted by atomic mass is 79.9. The van der Waals surface area contributed by atoms with Gasteiger partial charge in [-0.3, -0.25) is 9.69 Å². The topological polar surface area (TPSA) is 40.5 Å². The van der Waals surface area contributed by atoms with E-state index in [1.165, 1.54) is 0 Å². The molecule has 2 aliphatic heterocycles. The Morgan fingerprint density at radius 3 is 2.75 bits per heavy atom. The zero-order valence-corrected chi connectivity index (χ0v) is 13.4. The molecule has 0 bridgehead atoms. The second-order valence-electron chi connectivity index (χ2n) is 5.63. The Labute approximate surface area is 128 Å².